The zero-order valence-electron chi connectivity index (χ0n) is 13.3. The Morgan fingerprint density at radius 3 is 2.92 bits per heavy atom. The standard InChI is InChI=1S/C16H17N5O3/c1-9-19-12-4-3-10(5-13(12)20-9)15(22)21-14(16(23)24-2)6-11-7-17-8-18-11/h3-5,7-8,14H,6H2,1-2H3,(H,17,18)(H,19,20)(H,21,22). The summed E-state index contributed by atoms with van der Waals surface area (Å²) < 4.78 is 4.77. The number of hydrogen-bond acceptors (Lipinski definition) is 5. The molecule has 2 heterocycles. The summed E-state index contributed by atoms with van der Waals surface area (Å²) in [6.45, 7) is 1.84. The van der Waals surface area contributed by atoms with Crippen molar-refractivity contribution in [2.24, 2.45) is 0 Å². The summed E-state index contributed by atoms with van der Waals surface area (Å²) in [5, 5.41) is 2.70. The van der Waals surface area contributed by atoms with Gasteiger partial charge in [-0.1, -0.05) is 0 Å². The van der Waals surface area contributed by atoms with Crippen LogP contribution in [-0.4, -0.2) is 45.0 Å². The van der Waals surface area contributed by atoms with Crippen molar-refractivity contribution in [1.82, 2.24) is 25.3 Å². The molecule has 124 valence electrons. The molecule has 3 aromatic rings. The van der Waals surface area contributed by atoms with Crippen molar-refractivity contribution >= 4 is 22.9 Å². The molecule has 8 nitrogen and oxygen atoms in total. The van der Waals surface area contributed by atoms with Crippen LogP contribution < -0.4 is 5.32 Å². The second-order valence-electron chi connectivity index (χ2n) is 5.38. The number of aryl methyl sites for hydroxylation is 1. The van der Waals surface area contributed by atoms with E-state index in [1.165, 1.54) is 13.4 Å². The fraction of sp³-hybridized carbons (Fsp3) is 0.250. The monoisotopic (exact) mass is 327 g/mol. The van der Waals surface area contributed by atoms with Crippen LogP contribution in [0, 0.1) is 6.92 Å². The molecule has 1 aromatic carbocycles. The molecule has 0 aliphatic rings. The van der Waals surface area contributed by atoms with E-state index < -0.39 is 12.0 Å². The highest BCUT2D eigenvalue weighted by molar-refractivity contribution is 5.99. The van der Waals surface area contributed by atoms with E-state index in [1.54, 1.807) is 24.4 Å². The van der Waals surface area contributed by atoms with Crippen molar-refractivity contribution in [3.8, 4) is 0 Å². The van der Waals surface area contributed by atoms with Gasteiger partial charge < -0.3 is 20.0 Å². The van der Waals surface area contributed by atoms with Crippen LogP contribution in [0.2, 0.25) is 0 Å². The van der Waals surface area contributed by atoms with Crippen molar-refractivity contribution in [3.63, 3.8) is 0 Å². The van der Waals surface area contributed by atoms with Gasteiger partial charge in [0.1, 0.15) is 11.9 Å². The number of aromatic nitrogens is 4. The maximum Gasteiger partial charge on any atom is 0.328 e. The quantitative estimate of drug-likeness (QED) is 0.608. The van der Waals surface area contributed by atoms with Gasteiger partial charge in [-0.2, -0.15) is 0 Å². The zero-order chi connectivity index (χ0) is 17.1. The number of fused-ring (bicyclic) bond motifs is 1. The predicted octanol–water partition coefficient (Wildman–Crippen LogP) is 1.11. The normalized spacial score (nSPS) is 12.1. The number of amides is 1. The molecular weight excluding hydrogens is 310 g/mol. The van der Waals surface area contributed by atoms with E-state index in [0.717, 1.165) is 22.6 Å². The maximum absolute atomic E-state index is 12.5. The fourth-order valence-corrected chi connectivity index (χ4v) is 2.47. The largest absolute Gasteiger partial charge is 0.467 e. The van der Waals surface area contributed by atoms with E-state index in [1.807, 2.05) is 6.92 Å². The van der Waals surface area contributed by atoms with Crippen LogP contribution in [0.1, 0.15) is 21.9 Å². The number of rotatable bonds is 5. The molecule has 0 radical (unpaired) electrons. The van der Waals surface area contributed by atoms with Gasteiger partial charge in [-0.05, 0) is 25.1 Å². The minimum absolute atomic E-state index is 0.268. The molecule has 3 rings (SSSR count). The predicted molar refractivity (Wildman–Crippen MR) is 86.4 cm³/mol. The number of imidazole rings is 2. The first-order chi connectivity index (χ1) is 11.6. The Morgan fingerprint density at radius 1 is 1.38 bits per heavy atom. The number of hydrogen-bond donors (Lipinski definition) is 3. The molecule has 0 fully saturated rings. The highest BCUT2D eigenvalue weighted by Crippen LogP contribution is 2.14. The highest BCUT2D eigenvalue weighted by Gasteiger charge is 2.23. The van der Waals surface area contributed by atoms with Crippen LogP contribution in [-0.2, 0) is 16.0 Å². The van der Waals surface area contributed by atoms with Crippen molar-refractivity contribution < 1.29 is 14.3 Å². The summed E-state index contributed by atoms with van der Waals surface area (Å²) in [4.78, 5) is 38.6. The molecule has 0 bridgehead atoms. The molecule has 0 aliphatic heterocycles. The van der Waals surface area contributed by atoms with E-state index >= 15 is 0 Å². The van der Waals surface area contributed by atoms with Crippen LogP contribution in [0.15, 0.2) is 30.7 Å². The SMILES string of the molecule is COC(=O)C(Cc1cnc[nH]1)NC(=O)c1ccc2nc(C)[nH]c2c1. The molecule has 0 saturated carbocycles. The minimum atomic E-state index is -0.804. The summed E-state index contributed by atoms with van der Waals surface area (Å²) in [6.07, 6.45) is 3.38. The Labute approximate surface area is 137 Å². The Kier molecular flexibility index (Phi) is 4.28. The van der Waals surface area contributed by atoms with Gasteiger partial charge in [0.05, 0.1) is 24.5 Å². The number of ether oxygens (including phenoxy) is 1. The number of benzene rings is 1. The first kappa shape index (κ1) is 15.7. The molecule has 3 N–H and O–H groups in total. The Morgan fingerprint density at radius 2 is 2.21 bits per heavy atom. The summed E-state index contributed by atoms with van der Waals surface area (Å²) in [5.74, 6) is -0.107. The number of H-pyrrole nitrogens is 2. The molecular formula is C16H17N5O3. The summed E-state index contributed by atoms with van der Waals surface area (Å²) in [5.41, 5.74) is 2.71. The van der Waals surface area contributed by atoms with E-state index in [2.05, 4.69) is 25.3 Å². The van der Waals surface area contributed by atoms with Gasteiger partial charge in [-0.15, -0.1) is 0 Å². The van der Waals surface area contributed by atoms with Crippen LogP contribution in [0.5, 0.6) is 0 Å². The van der Waals surface area contributed by atoms with Crippen molar-refractivity contribution in [3.05, 3.63) is 47.8 Å². The first-order valence-electron chi connectivity index (χ1n) is 7.39. The lowest BCUT2D eigenvalue weighted by Crippen LogP contribution is -2.43. The molecule has 24 heavy (non-hydrogen) atoms. The van der Waals surface area contributed by atoms with E-state index in [9.17, 15) is 9.59 Å². The zero-order valence-corrected chi connectivity index (χ0v) is 13.3. The number of esters is 1. The van der Waals surface area contributed by atoms with Crippen molar-refractivity contribution in [2.75, 3.05) is 7.11 Å². The third-order valence-corrected chi connectivity index (χ3v) is 3.63. The van der Waals surface area contributed by atoms with Gasteiger partial charge in [-0.3, -0.25) is 4.79 Å². The van der Waals surface area contributed by atoms with Gasteiger partial charge in [0.2, 0.25) is 0 Å². The average Bonchev–Trinajstić information content (AvgIpc) is 3.20. The molecule has 1 amide bonds. The fourth-order valence-electron chi connectivity index (χ4n) is 2.47. The third-order valence-electron chi connectivity index (χ3n) is 3.63. The van der Waals surface area contributed by atoms with Crippen molar-refractivity contribution in [1.29, 1.82) is 0 Å². The van der Waals surface area contributed by atoms with Crippen LogP contribution in [0.25, 0.3) is 11.0 Å². The number of carbonyl (C=O) groups is 2. The van der Waals surface area contributed by atoms with Crippen LogP contribution >= 0.6 is 0 Å². The number of nitrogens with one attached hydrogen (secondary N) is 3. The molecule has 0 aliphatic carbocycles. The summed E-state index contributed by atoms with van der Waals surface area (Å²) >= 11 is 0. The minimum Gasteiger partial charge on any atom is -0.467 e. The lowest BCUT2D eigenvalue weighted by molar-refractivity contribution is -0.142. The van der Waals surface area contributed by atoms with Gasteiger partial charge in [0.25, 0.3) is 5.91 Å². The Bertz CT molecular complexity index is 869. The van der Waals surface area contributed by atoms with E-state index in [4.69, 9.17) is 4.74 Å². The Hall–Kier alpha value is -3.16. The lowest BCUT2D eigenvalue weighted by Gasteiger charge is -2.15. The van der Waals surface area contributed by atoms with Crippen LogP contribution in [0.3, 0.4) is 0 Å². The summed E-state index contributed by atoms with van der Waals surface area (Å²) in [6, 6.07) is 4.33. The maximum atomic E-state index is 12.5. The molecule has 2 aromatic heterocycles. The number of aromatic amines is 2. The number of carbonyl (C=O) groups excluding carboxylic acids is 2. The lowest BCUT2D eigenvalue weighted by atomic mass is 10.1. The molecule has 8 heteroatoms. The average molecular weight is 327 g/mol. The smallest absolute Gasteiger partial charge is 0.328 e. The first-order valence-corrected chi connectivity index (χ1v) is 7.39. The molecule has 1 unspecified atom stereocenters. The van der Waals surface area contributed by atoms with Gasteiger partial charge in [0, 0.05) is 23.9 Å². The van der Waals surface area contributed by atoms with E-state index in [-0.39, 0.29) is 12.3 Å². The third kappa shape index (κ3) is 3.27. The number of nitrogens with zero attached hydrogens (tertiary/aromatic N) is 2. The Balaban J connectivity index is 1.79. The second kappa shape index (κ2) is 6.53. The highest BCUT2D eigenvalue weighted by atomic mass is 16.5. The topological polar surface area (TPSA) is 113 Å². The van der Waals surface area contributed by atoms with Gasteiger partial charge >= 0.3 is 5.97 Å². The molecule has 1 atom stereocenters. The van der Waals surface area contributed by atoms with Gasteiger partial charge in [-0.25, -0.2) is 14.8 Å². The van der Waals surface area contributed by atoms with Gasteiger partial charge in [0.15, 0.2) is 0 Å². The van der Waals surface area contributed by atoms with Crippen molar-refractivity contribution in [2.45, 2.75) is 19.4 Å². The summed E-state index contributed by atoms with van der Waals surface area (Å²) in [7, 11) is 1.29. The van der Waals surface area contributed by atoms with E-state index in [0.29, 0.717) is 5.56 Å². The molecule has 0 saturated heterocycles. The second-order valence-corrected chi connectivity index (χ2v) is 5.38. The number of methoxy groups -OCH3 is 1. The molecule has 0 spiro atoms. The van der Waals surface area contributed by atoms with Crippen LogP contribution in [0.4, 0.5) is 0 Å².